The van der Waals surface area contributed by atoms with Gasteiger partial charge in [0.15, 0.2) is 0 Å². The van der Waals surface area contributed by atoms with Crippen molar-refractivity contribution in [3.8, 4) is 5.75 Å². The molecular weight excluding hydrogens is 294 g/mol. The second-order valence-corrected chi connectivity index (χ2v) is 5.69. The molecule has 0 aromatic heterocycles. The van der Waals surface area contributed by atoms with Gasteiger partial charge in [0.05, 0.1) is 31.9 Å². The number of likely N-dealkylation sites (N-methyl/N-ethyl adjacent to an activating group) is 1. The van der Waals surface area contributed by atoms with Crippen LogP contribution in [0.4, 0.5) is 5.69 Å². The number of anilines is 1. The standard InChI is InChI=1S/C17H25N3O3/c1-3-20-11-7-8-13(20)12-18-16(21)17(22)19-14-9-5-6-10-15(14)23-4-2/h5-6,9-10,13H,3-4,7-8,11-12H2,1-2H3,(H,18,21)(H,19,22)/p+1/t13-/m1/s1. The van der Waals surface area contributed by atoms with E-state index in [1.165, 1.54) is 11.3 Å². The Morgan fingerprint density at radius 1 is 1.26 bits per heavy atom. The molecule has 0 radical (unpaired) electrons. The maximum absolute atomic E-state index is 12.0. The molecular formula is C17H26N3O3+. The maximum atomic E-state index is 12.0. The van der Waals surface area contributed by atoms with Gasteiger partial charge in [0.25, 0.3) is 0 Å². The predicted octanol–water partition coefficient (Wildman–Crippen LogP) is 0.207. The van der Waals surface area contributed by atoms with Gasteiger partial charge in [-0.2, -0.15) is 0 Å². The zero-order valence-electron chi connectivity index (χ0n) is 13.9. The monoisotopic (exact) mass is 320 g/mol. The lowest BCUT2D eigenvalue weighted by molar-refractivity contribution is -0.909. The van der Waals surface area contributed by atoms with Gasteiger partial charge in [-0.25, -0.2) is 0 Å². The van der Waals surface area contributed by atoms with Crippen LogP contribution in [0.2, 0.25) is 0 Å². The third kappa shape index (κ3) is 4.69. The van der Waals surface area contributed by atoms with Crippen LogP contribution in [-0.2, 0) is 9.59 Å². The fraction of sp³-hybridized carbons (Fsp3) is 0.529. The van der Waals surface area contributed by atoms with Crippen molar-refractivity contribution in [1.82, 2.24) is 5.32 Å². The number of para-hydroxylation sites is 2. The van der Waals surface area contributed by atoms with E-state index in [1.54, 1.807) is 18.2 Å². The number of carbonyl (C=O) groups excluding carboxylic acids is 2. The van der Waals surface area contributed by atoms with Gasteiger partial charge in [0.2, 0.25) is 0 Å². The fourth-order valence-corrected chi connectivity index (χ4v) is 3.02. The number of amides is 2. The Hall–Kier alpha value is -2.08. The molecule has 2 rings (SSSR count). The molecule has 1 fully saturated rings. The lowest BCUT2D eigenvalue weighted by Gasteiger charge is -2.20. The van der Waals surface area contributed by atoms with Crippen molar-refractivity contribution in [2.75, 3.05) is 31.6 Å². The summed E-state index contributed by atoms with van der Waals surface area (Å²) in [7, 11) is 0. The minimum atomic E-state index is -0.659. The van der Waals surface area contributed by atoms with Gasteiger partial charge in [-0.15, -0.1) is 0 Å². The molecule has 0 saturated carbocycles. The summed E-state index contributed by atoms with van der Waals surface area (Å²) in [4.78, 5) is 25.5. The molecule has 6 nitrogen and oxygen atoms in total. The quantitative estimate of drug-likeness (QED) is 0.656. The lowest BCUT2D eigenvalue weighted by Crippen LogP contribution is -3.14. The lowest BCUT2D eigenvalue weighted by atomic mass is 10.2. The SMILES string of the molecule is CCOc1ccccc1NC(=O)C(=O)NC[C@H]1CCC[NH+]1CC. The molecule has 1 heterocycles. The highest BCUT2D eigenvalue weighted by Crippen LogP contribution is 2.23. The summed E-state index contributed by atoms with van der Waals surface area (Å²) < 4.78 is 5.44. The van der Waals surface area contributed by atoms with Crippen molar-refractivity contribution in [2.24, 2.45) is 0 Å². The first kappa shape index (κ1) is 17.3. The minimum Gasteiger partial charge on any atom is -0.492 e. The van der Waals surface area contributed by atoms with Gasteiger partial charge < -0.3 is 20.3 Å². The van der Waals surface area contributed by atoms with Gasteiger partial charge >= 0.3 is 11.8 Å². The second-order valence-electron chi connectivity index (χ2n) is 5.69. The number of hydrogen-bond donors (Lipinski definition) is 3. The second kappa shape index (κ2) is 8.53. The average Bonchev–Trinajstić information content (AvgIpc) is 3.02. The first-order chi connectivity index (χ1) is 11.2. The molecule has 1 aliphatic heterocycles. The largest absolute Gasteiger partial charge is 0.492 e. The van der Waals surface area contributed by atoms with E-state index in [-0.39, 0.29) is 0 Å². The van der Waals surface area contributed by atoms with Gasteiger partial charge in [-0.1, -0.05) is 12.1 Å². The molecule has 1 unspecified atom stereocenters. The van der Waals surface area contributed by atoms with Gasteiger partial charge in [0, 0.05) is 12.8 Å². The van der Waals surface area contributed by atoms with Crippen LogP contribution in [0.3, 0.4) is 0 Å². The van der Waals surface area contributed by atoms with Crippen LogP contribution >= 0.6 is 0 Å². The molecule has 126 valence electrons. The highest BCUT2D eigenvalue weighted by atomic mass is 16.5. The molecule has 23 heavy (non-hydrogen) atoms. The van der Waals surface area contributed by atoms with E-state index in [1.807, 2.05) is 13.0 Å². The van der Waals surface area contributed by atoms with E-state index in [2.05, 4.69) is 17.6 Å². The summed E-state index contributed by atoms with van der Waals surface area (Å²) in [5, 5.41) is 5.36. The Labute approximate surface area is 137 Å². The van der Waals surface area contributed by atoms with Crippen molar-refractivity contribution in [3.63, 3.8) is 0 Å². The van der Waals surface area contributed by atoms with Crippen LogP contribution < -0.4 is 20.3 Å². The van der Waals surface area contributed by atoms with E-state index < -0.39 is 11.8 Å². The number of quaternary nitrogens is 1. The minimum absolute atomic E-state index is 0.410. The summed E-state index contributed by atoms with van der Waals surface area (Å²) in [6.07, 6.45) is 2.27. The van der Waals surface area contributed by atoms with Crippen LogP contribution in [-0.4, -0.2) is 44.1 Å². The van der Waals surface area contributed by atoms with Crippen LogP contribution in [0.25, 0.3) is 0 Å². The summed E-state index contributed by atoms with van der Waals surface area (Å²) in [5.41, 5.74) is 0.510. The van der Waals surface area contributed by atoms with Crippen molar-refractivity contribution < 1.29 is 19.2 Å². The normalized spacial score (nSPS) is 20.1. The molecule has 6 heteroatoms. The smallest absolute Gasteiger partial charge is 0.313 e. The predicted molar refractivity (Wildman–Crippen MR) is 88.6 cm³/mol. The van der Waals surface area contributed by atoms with Crippen molar-refractivity contribution in [3.05, 3.63) is 24.3 Å². The molecule has 0 aliphatic carbocycles. The Morgan fingerprint density at radius 2 is 2.04 bits per heavy atom. The number of benzene rings is 1. The Balaban J connectivity index is 1.87. The number of nitrogens with one attached hydrogen (secondary N) is 3. The van der Waals surface area contributed by atoms with Crippen molar-refractivity contribution >= 4 is 17.5 Å². The van der Waals surface area contributed by atoms with E-state index in [4.69, 9.17) is 4.74 Å². The number of ether oxygens (including phenoxy) is 1. The molecule has 1 aromatic rings. The molecule has 0 bridgehead atoms. The Kier molecular flexibility index (Phi) is 6.40. The summed E-state index contributed by atoms with van der Waals surface area (Å²) in [6, 6.07) is 7.50. The third-order valence-electron chi connectivity index (χ3n) is 4.23. The molecule has 0 spiro atoms. The molecule has 1 aliphatic rings. The van der Waals surface area contributed by atoms with Crippen LogP contribution in [0, 0.1) is 0 Å². The first-order valence-corrected chi connectivity index (χ1v) is 8.31. The highest BCUT2D eigenvalue weighted by molar-refractivity contribution is 6.39. The summed E-state index contributed by atoms with van der Waals surface area (Å²) in [5.74, 6) is -0.694. The van der Waals surface area contributed by atoms with E-state index >= 15 is 0 Å². The van der Waals surface area contributed by atoms with Crippen molar-refractivity contribution in [2.45, 2.75) is 32.7 Å². The fourth-order valence-electron chi connectivity index (χ4n) is 3.02. The number of rotatable bonds is 6. The van der Waals surface area contributed by atoms with E-state index in [0.717, 1.165) is 19.5 Å². The molecule has 1 aromatic carbocycles. The average molecular weight is 320 g/mol. The van der Waals surface area contributed by atoms with E-state index in [9.17, 15) is 9.59 Å². The number of likely N-dealkylation sites (tertiary alicyclic amines) is 1. The zero-order chi connectivity index (χ0) is 16.7. The number of carbonyl (C=O) groups is 2. The van der Waals surface area contributed by atoms with Crippen LogP contribution in [0.15, 0.2) is 24.3 Å². The van der Waals surface area contributed by atoms with Gasteiger partial charge in [0.1, 0.15) is 11.8 Å². The van der Waals surface area contributed by atoms with Crippen LogP contribution in [0.1, 0.15) is 26.7 Å². The van der Waals surface area contributed by atoms with Gasteiger partial charge in [-0.3, -0.25) is 9.59 Å². The molecule has 2 amide bonds. The van der Waals surface area contributed by atoms with Gasteiger partial charge in [-0.05, 0) is 26.0 Å². The maximum Gasteiger partial charge on any atom is 0.313 e. The van der Waals surface area contributed by atoms with E-state index in [0.29, 0.717) is 30.6 Å². The Morgan fingerprint density at radius 3 is 2.78 bits per heavy atom. The summed E-state index contributed by atoms with van der Waals surface area (Å²) >= 11 is 0. The first-order valence-electron chi connectivity index (χ1n) is 8.31. The molecule has 1 saturated heterocycles. The van der Waals surface area contributed by atoms with Crippen LogP contribution in [0.5, 0.6) is 5.75 Å². The molecule has 2 atom stereocenters. The highest BCUT2D eigenvalue weighted by Gasteiger charge is 2.28. The zero-order valence-corrected chi connectivity index (χ0v) is 13.9. The number of hydrogen-bond acceptors (Lipinski definition) is 3. The van der Waals surface area contributed by atoms with Crippen molar-refractivity contribution in [1.29, 1.82) is 0 Å². The topological polar surface area (TPSA) is 71.9 Å². The Bertz CT molecular complexity index is 548. The summed E-state index contributed by atoms with van der Waals surface area (Å²) in [6.45, 7) is 7.25. The molecule has 3 N–H and O–H groups in total. The third-order valence-corrected chi connectivity index (χ3v) is 4.23.